The van der Waals surface area contributed by atoms with E-state index in [0.29, 0.717) is 18.7 Å². The lowest BCUT2D eigenvalue weighted by atomic mass is 10.4. The van der Waals surface area contributed by atoms with Crippen LogP contribution in [-0.2, 0) is 32.8 Å². The van der Waals surface area contributed by atoms with Crippen LogP contribution in [-0.4, -0.2) is 57.4 Å². The minimum absolute atomic E-state index is 0.152. The average molecular weight is 394 g/mol. The maximum atomic E-state index is 11.5. The molecule has 1 saturated heterocycles. The van der Waals surface area contributed by atoms with Gasteiger partial charge in [0.2, 0.25) is 15.9 Å². The maximum Gasteiger partial charge on any atom is 0.234 e. The summed E-state index contributed by atoms with van der Waals surface area (Å²) >= 11 is 3.63. The summed E-state index contributed by atoms with van der Waals surface area (Å²) in [5.74, 6) is 1.04. The number of hydrogen-bond acceptors (Lipinski definition) is 9. The topological polar surface area (TPSA) is 116 Å². The van der Waals surface area contributed by atoms with E-state index in [2.05, 4.69) is 15.5 Å². The Labute approximate surface area is 149 Å². The second-order valence-corrected chi connectivity index (χ2v) is 9.23. The van der Waals surface area contributed by atoms with Gasteiger partial charge >= 0.3 is 0 Å². The lowest BCUT2D eigenvalue weighted by Crippen LogP contribution is -2.30. The molecule has 0 radical (unpaired) electrons. The van der Waals surface area contributed by atoms with Gasteiger partial charge in [-0.2, -0.15) is 0 Å². The first-order valence-corrected chi connectivity index (χ1v) is 11.1. The maximum absolute atomic E-state index is 11.5. The van der Waals surface area contributed by atoms with E-state index >= 15 is 0 Å². The Balaban J connectivity index is 1.72. The molecule has 0 unspecified atom stereocenters. The molecular formula is C12H19N5O4S3. The molecule has 1 N–H and O–H groups in total. The predicted octanol–water partition coefficient (Wildman–Crippen LogP) is 0.444. The quantitative estimate of drug-likeness (QED) is 0.633. The van der Waals surface area contributed by atoms with Gasteiger partial charge in [0, 0.05) is 30.1 Å². The van der Waals surface area contributed by atoms with Crippen molar-refractivity contribution in [3.8, 4) is 0 Å². The number of carbonyl (C=O) groups excluding carboxylic acids is 1. The van der Waals surface area contributed by atoms with Gasteiger partial charge in [-0.3, -0.25) is 14.2 Å². The molecule has 0 saturated carbocycles. The SMILES string of the molecule is CC(=O)NS(=O)(=O)CCCn1cc(CON=C2CSCSC2)nn1. The molecule has 24 heavy (non-hydrogen) atoms. The van der Waals surface area contributed by atoms with Gasteiger partial charge in [0.15, 0.2) is 6.61 Å². The molecule has 1 aromatic heterocycles. The summed E-state index contributed by atoms with van der Waals surface area (Å²) in [7, 11) is -3.58. The van der Waals surface area contributed by atoms with Crippen molar-refractivity contribution in [1.82, 2.24) is 19.7 Å². The summed E-state index contributed by atoms with van der Waals surface area (Å²) in [4.78, 5) is 16.0. The van der Waals surface area contributed by atoms with Gasteiger partial charge in [0.25, 0.3) is 0 Å². The van der Waals surface area contributed by atoms with E-state index in [1.165, 1.54) is 0 Å². The van der Waals surface area contributed by atoms with Crippen molar-refractivity contribution in [1.29, 1.82) is 0 Å². The lowest BCUT2D eigenvalue weighted by molar-refractivity contribution is -0.117. The Morgan fingerprint density at radius 3 is 2.92 bits per heavy atom. The van der Waals surface area contributed by atoms with Crippen LogP contribution in [0.3, 0.4) is 0 Å². The van der Waals surface area contributed by atoms with Gasteiger partial charge < -0.3 is 4.84 Å². The molecule has 0 aliphatic carbocycles. The largest absolute Gasteiger partial charge is 0.389 e. The molecule has 9 nitrogen and oxygen atoms in total. The van der Waals surface area contributed by atoms with Crippen LogP contribution in [0.25, 0.3) is 0 Å². The zero-order chi connectivity index (χ0) is 17.4. The molecule has 1 amide bonds. The molecule has 2 rings (SSSR count). The highest BCUT2D eigenvalue weighted by molar-refractivity contribution is 8.17. The molecule has 0 bridgehead atoms. The van der Waals surface area contributed by atoms with E-state index in [1.54, 1.807) is 10.9 Å². The lowest BCUT2D eigenvalue weighted by Gasteiger charge is -2.10. The van der Waals surface area contributed by atoms with Crippen LogP contribution in [0.4, 0.5) is 0 Å². The van der Waals surface area contributed by atoms with Crippen molar-refractivity contribution >= 4 is 45.2 Å². The number of carbonyl (C=O) groups is 1. The number of sulfonamides is 1. The Hall–Kier alpha value is -1.27. The molecule has 0 atom stereocenters. The van der Waals surface area contributed by atoms with Crippen LogP contribution in [0.2, 0.25) is 0 Å². The van der Waals surface area contributed by atoms with Crippen LogP contribution in [0.15, 0.2) is 11.4 Å². The molecular weight excluding hydrogens is 374 g/mol. The number of nitrogens with one attached hydrogen (secondary N) is 1. The van der Waals surface area contributed by atoms with Crippen LogP contribution in [0, 0.1) is 0 Å². The first-order chi connectivity index (χ1) is 11.4. The minimum Gasteiger partial charge on any atom is -0.389 e. The van der Waals surface area contributed by atoms with E-state index in [4.69, 9.17) is 4.84 Å². The molecule has 0 aromatic carbocycles. The van der Waals surface area contributed by atoms with Crippen molar-refractivity contribution in [2.24, 2.45) is 5.16 Å². The average Bonchev–Trinajstić information content (AvgIpc) is 2.94. The zero-order valence-electron chi connectivity index (χ0n) is 13.2. The number of thioether (sulfide) groups is 2. The zero-order valence-corrected chi connectivity index (χ0v) is 15.6. The van der Waals surface area contributed by atoms with E-state index in [0.717, 1.165) is 29.2 Å². The van der Waals surface area contributed by atoms with Crippen LogP contribution in [0.1, 0.15) is 19.0 Å². The van der Waals surface area contributed by atoms with Gasteiger partial charge in [0.05, 0.1) is 17.7 Å². The number of nitrogens with zero attached hydrogens (tertiary/aromatic N) is 4. The van der Waals surface area contributed by atoms with Gasteiger partial charge in [-0.05, 0) is 6.42 Å². The van der Waals surface area contributed by atoms with E-state index in [1.807, 2.05) is 28.2 Å². The van der Waals surface area contributed by atoms with Gasteiger partial charge in [0.1, 0.15) is 5.69 Å². The van der Waals surface area contributed by atoms with E-state index in [-0.39, 0.29) is 12.4 Å². The molecule has 0 spiro atoms. The normalized spacial score (nSPS) is 15.1. The first kappa shape index (κ1) is 19.1. The van der Waals surface area contributed by atoms with Crippen molar-refractivity contribution in [2.75, 3.05) is 22.3 Å². The molecule has 1 aliphatic heterocycles. The minimum atomic E-state index is -3.58. The van der Waals surface area contributed by atoms with Crippen LogP contribution < -0.4 is 4.72 Å². The van der Waals surface area contributed by atoms with Crippen LogP contribution in [0.5, 0.6) is 0 Å². The third-order valence-electron chi connectivity index (χ3n) is 2.80. The second kappa shape index (κ2) is 9.28. The highest BCUT2D eigenvalue weighted by Crippen LogP contribution is 2.19. The number of amides is 1. The number of oxime groups is 1. The molecule has 12 heteroatoms. The molecule has 2 heterocycles. The fourth-order valence-corrected chi connectivity index (χ4v) is 4.96. The Morgan fingerprint density at radius 2 is 2.21 bits per heavy atom. The summed E-state index contributed by atoms with van der Waals surface area (Å²) in [6, 6.07) is 0. The van der Waals surface area contributed by atoms with Crippen molar-refractivity contribution in [3.05, 3.63) is 11.9 Å². The summed E-state index contributed by atoms with van der Waals surface area (Å²) in [5, 5.41) is 13.0. The van der Waals surface area contributed by atoms with Crippen molar-refractivity contribution < 1.29 is 18.0 Å². The van der Waals surface area contributed by atoms with Crippen molar-refractivity contribution in [3.63, 3.8) is 0 Å². The Kier molecular flexibility index (Phi) is 7.37. The summed E-state index contributed by atoms with van der Waals surface area (Å²) in [6.07, 6.45) is 2.01. The molecule has 1 fully saturated rings. The number of aryl methyl sites for hydroxylation is 1. The third kappa shape index (κ3) is 7.09. The first-order valence-electron chi connectivity index (χ1n) is 7.18. The second-order valence-electron chi connectivity index (χ2n) is 5.05. The number of rotatable bonds is 8. The third-order valence-corrected chi connectivity index (χ3v) is 6.63. The fourth-order valence-electron chi connectivity index (χ4n) is 1.86. The number of aromatic nitrogens is 3. The van der Waals surface area contributed by atoms with E-state index in [9.17, 15) is 13.2 Å². The summed E-state index contributed by atoms with van der Waals surface area (Å²) in [6.45, 7) is 1.77. The van der Waals surface area contributed by atoms with Crippen molar-refractivity contribution in [2.45, 2.75) is 26.5 Å². The predicted molar refractivity (Wildman–Crippen MR) is 94.2 cm³/mol. The molecule has 1 aromatic rings. The number of hydrogen-bond donors (Lipinski definition) is 1. The smallest absolute Gasteiger partial charge is 0.234 e. The van der Waals surface area contributed by atoms with E-state index < -0.39 is 15.9 Å². The Morgan fingerprint density at radius 1 is 1.46 bits per heavy atom. The van der Waals surface area contributed by atoms with Crippen LogP contribution >= 0.6 is 23.5 Å². The monoisotopic (exact) mass is 393 g/mol. The van der Waals surface area contributed by atoms with Gasteiger partial charge in [-0.15, -0.1) is 28.6 Å². The summed E-state index contributed by atoms with van der Waals surface area (Å²) in [5.41, 5.74) is 1.65. The van der Waals surface area contributed by atoms with Gasteiger partial charge in [-0.25, -0.2) is 8.42 Å². The fraction of sp³-hybridized carbons (Fsp3) is 0.667. The highest BCUT2D eigenvalue weighted by Gasteiger charge is 2.12. The highest BCUT2D eigenvalue weighted by atomic mass is 32.2. The Bertz CT molecular complexity index is 681. The summed E-state index contributed by atoms with van der Waals surface area (Å²) < 4.78 is 26.5. The standard InChI is InChI=1S/C12H19N5O4S3/c1-10(18)15-24(19,20)4-2-3-17-5-11(13-16-17)6-21-14-12-7-22-9-23-8-12/h5H,2-4,6-9H2,1H3,(H,15,18). The molecule has 134 valence electrons. The van der Waals surface area contributed by atoms with Gasteiger partial charge in [-0.1, -0.05) is 10.4 Å². The molecule has 1 aliphatic rings.